The van der Waals surface area contributed by atoms with Gasteiger partial charge in [0.2, 0.25) is 11.7 Å². The highest BCUT2D eigenvalue weighted by Gasteiger charge is 2.63. The number of ketones is 2. The highest BCUT2D eigenvalue weighted by atomic mass is 16.5. The number of oxazole rings is 1. The maximum absolute atomic E-state index is 14.4. The van der Waals surface area contributed by atoms with E-state index in [1.54, 1.807) is 38.3 Å². The molecule has 0 unspecified atom stereocenters. The van der Waals surface area contributed by atoms with Gasteiger partial charge < -0.3 is 35.1 Å². The average Bonchev–Trinajstić information content (AvgIpc) is 3.40. The molecule has 3 aliphatic rings. The van der Waals surface area contributed by atoms with Crippen LogP contribution in [-0.4, -0.2) is 89.6 Å². The Labute approximate surface area is 258 Å². The lowest BCUT2D eigenvalue weighted by Gasteiger charge is -2.50. The minimum Gasteiger partial charge on any atom is -0.510 e. The van der Waals surface area contributed by atoms with Crippen molar-refractivity contribution < 1.29 is 38.9 Å². The van der Waals surface area contributed by atoms with Gasteiger partial charge in [-0.1, -0.05) is 18.2 Å². The molecule has 4 atom stereocenters. The number of benzene rings is 2. The Kier molecular flexibility index (Phi) is 7.09. The molecule has 6 rings (SSSR count). The number of hydrogen-bond acceptors (Lipinski definition) is 11. The molecule has 234 valence electrons. The number of rotatable bonds is 6. The number of nitrogens with two attached hydrogens (primary N) is 1. The van der Waals surface area contributed by atoms with Crippen LogP contribution in [0.25, 0.3) is 23.3 Å². The van der Waals surface area contributed by atoms with E-state index in [0.29, 0.717) is 16.8 Å². The second-order valence-electron chi connectivity index (χ2n) is 12.1. The van der Waals surface area contributed by atoms with Crippen LogP contribution in [0.2, 0.25) is 0 Å². The fourth-order valence-corrected chi connectivity index (χ4v) is 7.14. The lowest BCUT2D eigenvalue weighted by molar-refractivity contribution is -0.148. The minimum absolute atomic E-state index is 0.0555. The smallest absolute Gasteiger partial charge is 0.255 e. The van der Waals surface area contributed by atoms with Gasteiger partial charge in [-0.2, -0.15) is 0 Å². The van der Waals surface area contributed by atoms with Crippen LogP contribution in [-0.2, 0) is 16.0 Å². The number of carbonyl (C=O) groups is 3. The number of Topliss-reactive ketones (excluding diaryl/α,β-unsaturated/α-hetero) is 2. The normalized spacial score (nSPS) is 24.7. The number of para-hydroxylation sites is 1. The topological polar surface area (TPSA) is 180 Å². The van der Waals surface area contributed by atoms with Gasteiger partial charge in [0.25, 0.3) is 5.91 Å². The van der Waals surface area contributed by atoms with Crippen molar-refractivity contribution in [2.75, 3.05) is 40.2 Å². The summed E-state index contributed by atoms with van der Waals surface area (Å²) in [7, 11) is 8.47. The van der Waals surface area contributed by atoms with Crippen LogP contribution in [0.5, 0.6) is 5.75 Å². The zero-order chi connectivity index (χ0) is 32.5. The molecule has 1 heterocycles. The molecule has 5 N–H and O–H groups in total. The molecular formula is C33H34N4O8. The largest absolute Gasteiger partial charge is 0.510 e. The Morgan fingerprint density at radius 3 is 2.51 bits per heavy atom. The van der Waals surface area contributed by atoms with E-state index in [-0.39, 0.29) is 35.5 Å². The molecule has 45 heavy (non-hydrogen) atoms. The second-order valence-corrected chi connectivity index (χ2v) is 12.1. The summed E-state index contributed by atoms with van der Waals surface area (Å²) in [4.78, 5) is 48.3. The first-order valence-electron chi connectivity index (χ1n) is 14.4. The third kappa shape index (κ3) is 4.35. The van der Waals surface area contributed by atoms with Gasteiger partial charge >= 0.3 is 0 Å². The van der Waals surface area contributed by atoms with Gasteiger partial charge in [0.1, 0.15) is 28.4 Å². The lowest BCUT2D eigenvalue weighted by Crippen LogP contribution is -2.63. The Morgan fingerprint density at radius 2 is 1.87 bits per heavy atom. The Balaban J connectivity index is 1.52. The Morgan fingerprint density at radius 1 is 1.16 bits per heavy atom. The van der Waals surface area contributed by atoms with Crippen LogP contribution >= 0.6 is 0 Å². The zero-order valence-electron chi connectivity index (χ0n) is 25.5. The number of aromatic nitrogens is 1. The van der Waals surface area contributed by atoms with E-state index < -0.39 is 58.0 Å². The van der Waals surface area contributed by atoms with Crippen LogP contribution in [0.1, 0.15) is 33.8 Å². The third-order valence-electron chi connectivity index (χ3n) is 9.12. The molecule has 12 nitrogen and oxygen atoms in total. The predicted molar refractivity (Wildman–Crippen MR) is 166 cm³/mol. The molecule has 0 aliphatic heterocycles. The predicted octanol–water partition coefficient (Wildman–Crippen LogP) is 2.80. The van der Waals surface area contributed by atoms with Crippen molar-refractivity contribution in [1.82, 2.24) is 9.88 Å². The fourth-order valence-electron chi connectivity index (χ4n) is 7.14. The summed E-state index contributed by atoms with van der Waals surface area (Å²) < 4.78 is 11.5. The standard InChI is InChI=1S/C33H34N4O8/c1-36(2)20-14-19-29(45-22(35-19)11-10-15-8-6-7-9-21(15)44-5)24-17(20)12-16-13-18-26(37(3)4)28(39)25(32(34)42)31(41)33(18,43)30(40)23(16)27(24)38/h6-11,14,16,18,26,39-40,43H,12-13H2,1-5H3,(H2,34,42)/b11-10+/t16-,18-,26-,33-/m0/s1. The number of carbonyl (C=O) groups excluding carboxylic acids is 3. The quantitative estimate of drug-likeness (QED) is 0.300. The first-order valence-corrected chi connectivity index (χ1v) is 14.4. The Hall–Kier alpha value is -4.94. The molecule has 1 amide bonds. The number of amides is 1. The summed E-state index contributed by atoms with van der Waals surface area (Å²) >= 11 is 0. The third-order valence-corrected chi connectivity index (χ3v) is 9.12. The second kappa shape index (κ2) is 10.6. The van der Waals surface area contributed by atoms with Crippen molar-refractivity contribution in [3.63, 3.8) is 0 Å². The monoisotopic (exact) mass is 614 g/mol. The van der Waals surface area contributed by atoms with E-state index in [1.165, 1.54) is 0 Å². The summed E-state index contributed by atoms with van der Waals surface area (Å²) in [6.45, 7) is 0. The number of allylic oxidation sites excluding steroid dienone is 1. The number of ether oxygens (including phenoxy) is 1. The molecule has 0 radical (unpaired) electrons. The van der Waals surface area contributed by atoms with Crippen molar-refractivity contribution in [2.24, 2.45) is 17.6 Å². The number of fused-ring (bicyclic) bond motifs is 5. The molecule has 0 fully saturated rings. The summed E-state index contributed by atoms with van der Waals surface area (Å²) in [5, 5.41) is 34.5. The summed E-state index contributed by atoms with van der Waals surface area (Å²) in [6, 6.07) is 8.22. The van der Waals surface area contributed by atoms with Gasteiger partial charge in [-0.15, -0.1) is 0 Å². The van der Waals surface area contributed by atoms with Crippen molar-refractivity contribution >= 4 is 46.4 Å². The van der Waals surface area contributed by atoms with Crippen molar-refractivity contribution in [2.45, 2.75) is 24.5 Å². The number of likely N-dealkylation sites (N-methyl/N-ethyl adjacent to an activating group) is 1. The highest BCUT2D eigenvalue weighted by Crippen LogP contribution is 2.53. The SMILES string of the molecule is COc1ccccc1/C=C/c1nc2cc(N(C)C)c3c(c2o1)C(=O)C1=C(O)[C@]2(O)C(=O)C(C(N)=O)=C(O)[C@@H](N(C)C)[C@@H]2C[C@@H]1C3. The lowest BCUT2D eigenvalue weighted by atomic mass is 9.58. The molecule has 12 heteroatoms. The van der Waals surface area contributed by atoms with E-state index in [9.17, 15) is 29.7 Å². The average molecular weight is 615 g/mol. The zero-order valence-corrected chi connectivity index (χ0v) is 25.5. The summed E-state index contributed by atoms with van der Waals surface area (Å²) in [5.74, 6) is -5.33. The number of methoxy groups -OCH3 is 1. The number of anilines is 1. The van der Waals surface area contributed by atoms with Gasteiger partial charge in [0, 0.05) is 42.9 Å². The molecule has 0 saturated heterocycles. The Bertz CT molecular complexity index is 1880. The van der Waals surface area contributed by atoms with Crippen LogP contribution in [0.15, 0.2) is 57.4 Å². The van der Waals surface area contributed by atoms with Crippen molar-refractivity contribution in [3.8, 4) is 5.75 Å². The number of aliphatic hydroxyl groups excluding tert-OH is 2. The fraction of sp³-hybridized carbons (Fsp3) is 0.333. The van der Waals surface area contributed by atoms with Gasteiger partial charge in [-0.3, -0.25) is 19.3 Å². The van der Waals surface area contributed by atoms with Crippen LogP contribution < -0.4 is 15.4 Å². The first-order chi connectivity index (χ1) is 21.3. The van der Waals surface area contributed by atoms with E-state index in [4.69, 9.17) is 14.9 Å². The molecule has 2 aromatic carbocycles. The maximum atomic E-state index is 14.4. The van der Waals surface area contributed by atoms with Crippen LogP contribution in [0.3, 0.4) is 0 Å². The van der Waals surface area contributed by atoms with Crippen molar-refractivity contribution in [3.05, 3.63) is 75.6 Å². The molecule has 0 bridgehead atoms. The summed E-state index contributed by atoms with van der Waals surface area (Å²) in [5.41, 5.74) is 4.79. The molecule has 3 aromatic rings. The number of aliphatic hydroxyl groups is 3. The van der Waals surface area contributed by atoms with Gasteiger partial charge in [-0.05, 0) is 56.6 Å². The molecular weight excluding hydrogens is 580 g/mol. The van der Waals surface area contributed by atoms with Gasteiger partial charge in [0.15, 0.2) is 17.0 Å². The van der Waals surface area contributed by atoms with Crippen molar-refractivity contribution in [1.29, 1.82) is 0 Å². The van der Waals surface area contributed by atoms with E-state index in [2.05, 4.69) is 4.98 Å². The van der Waals surface area contributed by atoms with Gasteiger partial charge in [0.05, 0.1) is 18.7 Å². The first kappa shape index (κ1) is 30.1. The minimum atomic E-state index is -2.66. The molecule has 3 aliphatic carbocycles. The van der Waals surface area contributed by atoms with Crippen LogP contribution in [0.4, 0.5) is 5.69 Å². The van der Waals surface area contributed by atoms with E-state index in [1.807, 2.05) is 49.3 Å². The molecule has 1 aromatic heterocycles. The van der Waals surface area contributed by atoms with E-state index in [0.717, 1.165) is 11.3 Å². The summed E-state index contributed by atoms with van der Waals surface area (Å²) in [6.07, 6.45) is 3.76. The highest BCUT2D eigenvalue weighted by molar-refractivity contribution is 6.25. The van der Waals surface area contributed by atoms with E-state index >= 15 is 0 Å². The molecule has 0 saturated carbocycles. The number of nitrogens with zero attached hydrogens (tertiary/aromatic N) is 3. The maximum Gasteiger partial charge on any atom is 0.255 e. The number of primary amides is 1. The molecule has 0 spiro atoms. The van der Waals surface area contributed by atoms with Crippen LogP contribution in [0, 0.1) is 11.8 Å². The number of hydrogen-bond donors (Lipinski definition) is 4. The van der Waals surface area contributed by atoms with Gasteiger partial charge in [-0.25, -0.2) is 4.98 Å².